The first kappa shape index (κ1) is 64.6. The second-order valence-electron chi connectivity index (χ2n) is 24.9. The lowest BCUT2D eigenvalue weighted by Crippen LogP contribution is -2.51. The highest BCUT2D eigenvalue weighted by Crippen LogP contribution is 2.46. The SMILES string of the molecule is CCC(=O)O[C@]1(CC)C(=O)OCc2c1cc1n(c2=O)Cc2c-1nc1ccc(O)cc1c2[Si](C)(C)C(C)(C)C.CC[C@@]1(OC(=O)CNB(C)O)C(=O)OCc2c1cc1n(c2=O)Cc2c-1nc1ccc(OCOC)cc1c2[Si](C)(C)C(C)(C)C.ClCCl. The third-order valence-corrected chi connectivity index (χ3v) is 29.2. The molecule has 0 fully saturated rings. The van der Waals surface area contributed by atoms with Gasteiger partial charge in [-0.1, -0.05) is 88.5 Å². The average Bonchev–Trinajstić information content (AvgIpc) is 1.69. The topological polar surface area (TPSA) is 246 Å². The number of esters is 4. The van der Waals surface area contributed by atoms with E-state index < -0.39 is 58.3 Å². The summed E-state index contributed by atoms with van der Waals surface area (Å²) in [7, 11) is -3.83. The fourth-order valence-electron chi connectivity index (χ4n) is 11.6. The molecule has 0 bridgehead atoms. The fraction of sp³-hybridized carbons (Fsp3) is 0.475. The molecule has 10 rings (SSSR count). The summed E-state index contributed by atoms with van der Waals surface area (Å²) in [6.07, 6.45) is 0.285. The maximum absolute atomic E-state index is 14.1. The van der Waals surface area contributed by atoms with Crippen molar-refractivity contribution in [1.82, 2.24) is 24.3 Å². The van der Waals surface area contributed by atoms with Gasteiger partial charge in [-0.2, -0.15) is 0 Å². The maximum Gasteiger partial charge on any atom is 0.374 e. The lowest BCUT2D eigenvalue weighted by Gasteiger charge is -2.39. The van der Waals surface area contributed by atoms with Crippen LogP contribution in [0.4, 0.5) is 0 Å². The molecule has 454 valence electrons. The van der Waals surface area contributed by atoms with E-state index in [1.807, 2.05) is 18.2 Å². The molecule has 4 aliphatic heterocycles. The molecule has 3 N–H and O–H groups in total. The number of nitrogens with zero attached hydrogens (tertiary/aromatic N) is 4. The molecule has 0 unspecified atom stereocenters. The van der Waals surface area contributed by atoms with Crippen molar-refractivity contribution in [3.05, 3.63) is 103 Å². The molecule has 6 aromatic rings. The smallest absolute Gasteiger partial charge is 0.374 e. The van der Waals surface area contributed by atoms with Crippen LogP contribution in [0.15, 0.2) is 58.1 Å². The second kappa shape index (κ2) is 24.0. The van der Waals surface area contributed by atoms with Crippen molar-refractivity contribution in [3.63, 3.8) is 0 Å². The maximum atomic E-state index is 14.1. The van der Waals surface area contributed by atoms with Crippen molar-refractivity contribution in [3.8, 4) is 34.3 Å². The molecule has 8 heterocycles. The van der Waals surface area contributed by atoms with Gasteiger partial charge in [-0.05, 0) is 99.8 Å². The molecule has 0 saturated heterocycles. The summed E-state index contributed by atoms with van der Waals surface area (Å²) in [5.41, 5.74) is 3.17. The van der Waals surface area contributed by atoms with Gasteiger partial charge in [0.05, 0.1) is 86.1 Å². The summed E-state index contributed by atoms with van der Waals surface area (Å²) in [5, 5.41) is 26.9. The molecule has 0 radical (unpaired) electrons. The molecule has 0 aliphatic carbocycles. The van der Waals surface area contributed by atoms with Crippen LogP contribution in [0.5, 0.6) is 11.5 Å². The number of carbonyl (C=O) groups is 4. The van der Waals surface area contributed by atoms with Crippen LogP contribution in [0.2, 0.25) is 43.1 Å². The number of cyclic esters (lactones) is 2. The lowest BCUT2D eigenvalue weighted by molar-refractivity contribution is -0.189. The number of ether oxygens (including phenoxy) is 6. The normalized spacial score (nSPS) is 17.6. The summed E-state index contributed by atoms with van der Waals surface area (Å²) in [6, 6.07) is 14.5. The number of aromatic hydroxyl groups is 1. The Bertz CT molecular complexity index is 3820. The molecule has 4 aromatic heterocycles. The van der Waals surface area contributed by atoms with E-state index in [0.717, 1.165) is 38.1 Å². The van der Waals surface area contributed by atoms with Gasteiger partial charge < -0.3 is 52.9 Å². The van der Waals surface area contributed by atoms with Crippen molar-refractivity contribution in [2.45, 2.75) is 162 Å². The number of phenolic OH excluding ortho intramolecular Hbond substituents is 1. The summed E-state index contributed by atoms with van der Waals surface area (Å²) in [5.74, 6) is -1.86. The van der Waals surface area contributed by atoms with E-state index in [-0.39, 0.29) is 83.7 Å². The van der Waals surface area contributed by atoms with Crippen molar-refractivity contribution >= 4 is 102 Å². The number of hydrogen-bond acceptors (Lipinski definition) is 17. The fourth-order valence-corrected chi connectivity index (χ4v) is 16.7. The van der Waals surface area contributed by atoms with Gasteiger partial charge in [0, 0.05) is 35.4 Å². The summed E-state index contributed by atoms with van der Waals surface area (Å²) >= 11 is 9.53. The van der Waals surface area contributed by atoms with Crippen LogP contribution in [-0.2, 0) is 80.4 Å². The van der Waals surface area contributed by atoms with Gasteiger partial charge in [0.25, 0.3) is 11.1 Å². The van der Waals surface area contributed by atoms with E-state index >= 15 is 0 Å². The number of pyridine rings is 4. The van der Waals surface area contributed by atoms with Gasteiger partial charge in [-0.25, -0.2) is 19.6 Å². The van der Waals surface area contributed by atoms with E-state index in [9.17, 15) is 38.9 Å². The molecular formula is C61H76BCl2N5O14Si2. The van der Waals surface area contributed by atoms with Gasteiger partial charge in [-0.15, -0.1) is 23.2 Å². The number of fused-ring (bicyclic) bond motifs is 10. The Labute approximate surface area is 506 Å². The number of hydrogen-bond donors (Lipinski definition) is 3. The Morgan fingerprint density at radius 1 is 0.706 bits per heavy atom. The highest BCUT2D eigenvalue weighted by atomic mass is 35.5. The number of nitrogens with one attached hydrogen (secondary N) is 1. The van der Waals surface area contributed by atoms with Crippen LogP contribution in [0.1, 0.15) is 115 Å². The van der Waals surface area contributed by atoms with Crippen molar-refractivity contribution in [2.75, 3.05) is 25.8 Å². The first-order valence-electron chi connectivity index (χ1n) is 28.5. The van der Waals surface area contributed by atoms with Crippen molar-refractivity contribution in [2.24, 2.45) is 0 Å². The number of carbonyl (C=O) groups excluding carboxylic acids is 4. The van der Waals surface area contributed by atoms with E-state index in [2.05, 4.69) is 73.0 Å². The lowest BCUT2D eigenvalue weighted by atomic mass is 9.85. The van der Waals surface area contributed by atoms with Crippen LogP contribution >= 0.6 is 23.2 Å². The number of halogens is 2. The largest absolute Gasteiger partial charge is 0.508 e. The molecule has 19 nitrogen and oxygen atoms in total. The number of benzene rings is 2. The molecule has 2 aromatic carbocycles. The van der Waals surface area contributed by atoms with Crippen LogP contribution in [0.3, 0.4) is 0 Å². The molecule has 4 aliphatic rings. The molecule has 2 atom stereocenters. The zero-order valence-electron chi connectivity index (χ0n) is 51.1. The molecule has 0 spiro atoms. The van der Waals surface area contributed by atoms with Gasteiger partial charge in [-0.3, -0.25) is 19.2 Å². The van der Waals surface area contributed by atoms with E-state index in [1.165, 1.54) is 12.0 Å². The Balaban J connectivity index is 0.000000214. The Kier molecular flexibility index (Phi) is 18.3. The molecule has 24 heteroatoms. The zero-order valence-corrected chi connectivity index (χ0v) is 54.6. The van der Waals surface area contributed by atoms with Gasteiger partial charge in [0.2, 0.25) is 11.2 Å². The monoisotopic (exact) mass is 1240 g/mol. The summed E-state index contributed by atoms with van der Waals surface area (Å²) < 4.78 is 36.7. The highest BCUT2D eigenvalue weighted by molar-refractivity contribution is 6.94. The number of phenols is 1. The number of methoxy groups -OCH3 is 1. The number of rotatable bonds is 13. The van der Waals surface area contributed by atoms with Crippen LogP contribution < -0.4 is 31.5 Å². The van der Waals surface area contributed by atoms with E-state index in [0.29, 0.717) is 58.3 Å². The predicted molar refractivity (Wildman–Crippen MR) is 333 cm³/mol. The summed E-state index contributed by atoms with van der Waals surface area (Å²) in [4.78, 5) is 89.7. The minimum atomic E-state index is -2.25. The van der Waals surface area contributed by atoms with E-state index in [4.69, 9.17) is 61.6 Å². The van der Waals surface area contributed by atoms with Gasteiger partial charge in [0.15, 0.2) is 6.79 Å². The Morgan fingerprint density at radius 3 is 1.55 bits per heavy atom. The average molecular weight is 1240 g/mol. The minimum absolute atomic E-state index is 0.0224. The quantitative estimate of drug-likeness (QED) is 0.0321. The summed E-state index contributed by atoms with van der Waals surface area (Å²) in [6.45, 7) is 29.3. The van der Waals surface area contributed by atoms with Gasteiger partial charge in [0.1, 0.15) is 24.7 Å². The molecular weight excluding hydrogens is 1160 g/mol. The third kappa shape index (κ3) is 11.2. The second-order valence-corrected chi connectivity index (χ2v) is 36.2. The van der Waals surface area contributed by atoms with Crippen LogP contribution in [-0.4, -0.2) is 102 Å². The minimum Gasteiger partial charge on any atom is -0.508 e. The predicted octanol–water partition coefficient (Wildman–Crippen LogP) is 8.91. The zero-order chi connectivity index (χ0) is 62.7. The van der Waals surface area contributed by atoms with Crippen LogP contribution in [0, 0.1) is 0 Å². The Morgan fingerprint density at radius 2 is 1.14 bits per heavy atom. The first-order valence-corrected chi connectivity index (χ1v) is 35.5. The first-order chi connectivity index (χ1) is 39.8. The number of alkyl halides is 2. The third-order valence-electron chi connectivity index (χ3n) is 18.0. The molecule has 0 saturated carbocycles. The standard InChI is InChI=1S/C31H40BN3O8Si.C29H34N2O6Si.CH2Cl2/c1-9-31(43-25(36)14-33-32(5)39)22-13-24-26-20(15-35(24)28(37)21(22)16-41-29(31)38)27(44(7,8)30(2,3)4)19-12-18(42-17-40-6)10-11-23(19)34-26;1-8-23(33)37-29(9-2)20-13-22-24-18(14-31(22)26(34)19(20)15-36-27(29)35)25(38(6,7)28(3,4)5)17-12-16(32)10-11-21(17)30-24;2-1-3/h10-13,33,39H,9,14-17H2,1-8H3;10-13,32H,8-9,14-15H2,1-7H3;1H2/t31-;29-;/m00./s1. The number of aromatic nitrogens is 4. The van der Waals surface area contributed by atoms with Gasteiger partial charge >= 0.3 is 30.9 Å². The van der Waals surface area contributed by atoms with Crippen LogP contribution in [0.25, 0.3) is 44.6 Å². The molecule has 0 amide bonds. The van der Waals surface area contributed by atoms with Crippen molar-refractivity contribution in [1.29, 1.82) is 0 Å². The Hall–Kier alpha value is -6.40. The van der Waals surface area contributed by atoms with E-state index in [1.54, 1.807) is 67.3 Å². The van der Waals surface area contributed by atoms with Crippen molar-refractivity contribution < 1.29 is 57.7 Å². The molecule has 85 heavy (non-hydrogen) atoms. The highest BCUT2D eigenvalue weighted by Gasteiger charge is 2.53.